The number of nitrogens with one attached hydrogen (secondary N) is 1. The standard InChI is InChI=1S/C23H19N3O3.ClH/c1-16(27)29-20-11-12-21-22(13-20)24-15-25-23(21)26-18-7-9-19(10-8-18)28-14-17-5-3-2-4-6-17;/h2-13,15H,14H2,1H3,(H,24,25,26);1H. The predicted octanol–water partition coefficient (Wildman–Crippen LogP) is 5.30. The monoisotopic (exact) mass is 421 g/mol. The Bertz CT molecular complexity index is 1140. The van der Waals surface area contributed by atoms with E-state index in [2.05, 4.69) is 15.3 Å². The summed E-state index contributed by atoms with van der Waals surface area (Å²) in [5, 5.41) is 4.12. The first-order valence-corrected chi connectivity index (χ1v) is 9.14. The highest BCUT2D eigenvalue weighted by Crippen LogP contribution is 2.27. The van der Waals surface area contributed by atoms with Crippen LogP contribution in [0.25, 0.3) is 10.9 Å². The van der Waals surface area contributed by atoms with Gasteiger partial charge in [0.2, 0.25) is 0 Å². The van der Waals surface area contributed by atoms with Crippen LogP contribution in [0.1, 0.15) is 12.5 Å². The van der Waals surface area contributed by atoms with Crippen molar-refractivity contribution in [1.29, 1.82) is 0 Å². The van der Waals surface area contributed by atoms with Crippen LogP contribution < -0.4 is 14.8 Å². The molecule has 1 heterocycles. The molecule has 0 amide bonds. The normalized spacial score (nSPS) is 10.2. The molecule has 152 valence electrons. The average molecular weight is 422 g/mol. The third-order valence-corrected chi connectivity index (χ3v) is 4.23. The lowest BCUT2D eigenvalue weighted by Crippen LogP contribution is -2.02. The zero-order valence-electron chi connectivity index (χ0n) is 16.2. The number of ether oxygens (including phenoxy) is 2. The Balaban J connectivity index is 0.00000256. The van der Waals surface area contributed by atoms with Gasteiger partial charge in [-0.05, 0) is 42.0 Å². The maximum absolute atomic E-state index is 11.1. The fourth-order valence-corrected chi connectivity index (χ4v) is 2.88. The fraction of sp³-hybridized carbons (Fsp3) is 0.0870. The summed E-state index contributed by atoms with van der Waals surface area (Å²) in [6, 6.07) is 23.0. The maximum atomic E-state index is 11.1. The van der Waals surface area contributed by atoms with Gasteiger partial charge in [0.15, 0.2) is 0 Å². The number of halogens is 1. The third kappa shape index (κ3) is 5.24. The van der Waals surface area contributed by atoms with Crippen LogP contribution in [0, 0.1) is 0 Å². The maximum Gasteiger partial charge on any atom is 0.308 e. The Labute approximate surface area is 180 Å². The van der Waals surface area contributed by atoms with Crippen molar-refractivity contribution in [2.24, 2.45) is 0 Å². The van der Waals surface area contributed by atoms with Crippen molar-refractivity contribution in [3.05, 3.63) is 84.7 Å². The number of hydrogen-bond donors (Lipinski definition) is 1. The minimum Gasteiger partial charge on any atom is -0.489 e. The molecule has 1 N–H and O–H groups in total. The molecule has 4 aromatic rings. The number of rotatable bonds is 6. The van der Waals surface area contributed by atoms with Crippen LogP contribution >= 0.6 is 12.4 Å². The summed E-state index contributed by atoms with van der Waals surface area (Å²) in [5.41, 5.74) is 2.68. The fourth-order valence-electron chi connectivity index (χ4n) is 2.88. The first-order valence-electron chi connectivity index (χ1n) is 9.14. The van der Waals surface area contributed by atoms with Crippen molar-refractivity contribution in [3.63, 3.8) is 0 Å². The molecule has 0 aliphatic carbocycles. The predicted molar refractivity (Wildman–Crippen MR) is 119 cm³/mol. The summed E-state index contributed by atoms with van der Waals surface area (Å²) in [5.74, 6) is 1.54. The van der Waals surface area contributed by atoms with E-state index in [9.17, 15) is 4.79 Å². The number of nitrogens with zero attached hydrogens (tertiary/aromatic N) is 2. The Morgan fingerprint density at radius 2 is 1.67 bits per heavy atom. The molecular formula is C23H20ClN3O3. The smallest absolute Gasteiger partial charge is 0.308 e. The second-order valence-corrected chi connectivity index (χ2v) is 6.42. The number of carbonyl (C=O) groups excluding carboxylic acids is 1. The van der Waals surface area contributed by atoms with Crippen LogP contribution in [-0.2, 0) is 11.4 Å². The summed E-state index contributed by atoms with van der Waals surface area (Å²) in [7, 11) is 0. The zero-order chi connectivity index (χ0) is 20.1. The van der Waals surface area contributed by atoms with Crippen LogP contribution in [0.2, 0.25) is 0 Å². The molecule has 6 nitrogen and oxygen atoms in total. The summed E-state index contributed by atoms with van der Waals surface area (Å²) in [4.78, 5) is 19.7. The highest BCUT2D eigenvalue weighted by molar-refractivity contribution is 5.91. The van der Waals surface area contributed by atoms with Gasteiger partial charge < -0.3 is 14.8 Å². The summed E-state index contributed by atoms with van der Waals surface area (Å²) in [6.45, 7) is 1.89. The van der Waals surface area contributed by atoms with Crippen LogP contribution in [0.15, 0.2) is 79.1 Å². The molecule has 0 atom stereocenters. The topological polar surface area (TPSA) is 73.3 Å². The molecule has 0 unspecified atom stereocenters. The van der Waals surface area contributed by atoms with E-state index in [1.54, 1.807) is 12.1 Å². The second-order valence-electron chi connectivity index (χ2n) is 6.42. The van der Waals surface area contributed by atoms with Gasteiger partial charge in [-0.2, -0.15) is 0 Å². The van der Waals surface area contributed by atoms with Gasteiger partial charge in [0, 0.05) is 24.1 Å². The van der Waals surface area contributed by atoms with E-state index in [4.69, 9.17) is 9.47 Å². The number of anilines is 2. The van der Waals surface area contributed by atoms with Crippen molar-refractivity contribution in [1.82, 2.24) is 9.97 Å². The Hall–Kier alpha value is -3.64. The molecule has 3 aromatic carbocycles. The molecule has 0 spiro atoms. The number of fused-ring (bicyclic) bond motifs is 1. The molecule has 0 aliphatic heterocycles. The summed E-state index contributed by atoms with van der Waals surface area (Å²) < 4.78 is 10.9. The van der Waals surface area contributed by atoms with Gasteiger partial charge >= 0.3 is 5.97 Å². The number of esters is 1. The molecule has 0 saturated heterocycles. The first kappa shape index (κ1) is 21.1. The number of aromatic nitrogens is 2. The van der Waals surface area contributed by atoms with Crippen LogP contribution in [0.3, 0.4) is 0 Å². The van der Waals surface area contributed by atoms with Gasteiger partial charge in [-0.3, -0.25) is 4.79 Å². The molecule has 1 aromatic heterocycles. The number of benzene rings is 3. The SMILES string of the molecule is CC(=O)Oc1ccc2c(Nc3ccc(OCc4ccccc4)cc3)ncnc2c1.Cl. The van der Waals surface area contributed by atoms with Gasteiger partial charge in [-0.25, -0.2) is 9.97 Å². The van der Waals surface area contributed by atoms with E-state index >= 15 is 0 Å². The lowest BCUT2D eigenvalue weighted by atomic mass is 10.2. The lowest BCUT2D eigenvalue weighted by molar-refractivity contribution is -0.131. The van der Waals surface area contributed by atoms with Gasteiger partial charge in [-0.15, -0.1) is 12.4 Å². The minimum atomic E-state index is -0.369. The van der Waals surface area contributed by atoms with E-state index in [1.165, 1.54) is 13.3 Å². The molecule has 0 saturated carbocycles. The van der Waals surface area contributed by atoms with Crippen molar-refractivity contribution in [3.8, 4) is 11.5 Å². The molecule has 0 bridgehead atoms. The van der Waals surface area contributed by atoms with Crippen molar-refractivity contribution in [2.75, 3.05) is 5.32 Å². The Morgan fingerprint density at radius 1 is 0.933 bits per heavy atom. The largest absolute Gasteiger partial charge is 0.489 e. The summed E-state index contributed by atoms with van der Waals surface area (Å²) in [6.07, 6.45) is 1.47. The summed E-state index contributed by atoms with van der Waals surface area (Å²) >= 11 is 0. The highest BCUT2D eigenvalue weighted by Gasteiger charge is 2.07. The van der Waals surface area contributed by atoms with Gasteiger partial charge in [0.05, 0.1) is 5.52 Å². The van der Waals surface area contributed by atoms with Gasteiger partial charge in [0.25, 0.3) is 0 Å². The van der Waals surface area contributed by atoms with E-state index in [1.807, 2.05) is 60.7 Å². The van der Waals surface area contributed by atoms with E-state index < -0.39 is 0 Å². The van der Waals surface area contributed by atoms with Crippen LogP contribution in [0.5, 0.6) is 11.5 Å². The lowest BCUT2D eigenvalue weighted by Gasteiger charge is -2.11. The number of carbonyl (C=O) groups is 1. The molecule has 0 radical (unpaired) electrons. The molecule has 0 fully saturated rings. The zero-order valence-corrected chi connectivity index (χ0v) is 17.1. The minimum absolute atomic E-state index is 0. The highest BCUT2D eigenvalue weighted by atomic mass is 35.5. The Morgan fingerprint density at radius 3 is 2.40 bits per heavy atom. The third-order valence-electron chi connectivity index (χ3n) is 4.23. The molecule has 0 aliphatic rings. The van der Waals surface area contributed by atoms with Crippen LogP contribution in [0.4, 0.5) is 11.5 Å². The van der Waals surface area contributed by atoms with E-state index in [0.717, 1.165) is 22.4 Å². The van der Waals surface area contributed by atoms with Gasteiger partial charge in [-0.1, -0.05) is 30.3 Å². The molecule has 30 heavy (non-hydrogen) atoms. The van der Waals surface area contributed by atoms with Gasteiger partial charge in [0.1, 0.15) is 30.3 Å². The number of hydrogen-bond acceptors (Lipinski definition) is 6. The van der Waals surface area contributed by atoms with Crippen LogP contribution in [-0.4, -0.2) is 15.9 Å². The van der Waals surface area contributed by atoms with Crippen molar-refractivity contribution < 1.29 is 14.3 Å². The van der Waals surface area contributed by atoms with Crippen molar-refractivity contribution >= 4 is 40.8 Å². The quantitative estimate of drug-likeness (QED) is 0.336. The average Bonchev–Trinajstić information content (AvgIpc) is 2.74. The van der Waals surface area contributed by atoms with Crippen molar-refractivity contribution in [2.45, 2.75) is 13.5 Å². The van der Waals surface area contributed by atoms with E-state index in [-0.39, 0.29) is 18.4 Å². The molecule has 7 heteroatoms. The molecule has 4 rings (SSSR count). The molecular weight excluding hydrogens is 402 g/mol. The first-order chi connectivity index (χ1) is 14.2. The Kier molecular flexibility index (Phi) is 6.83. The second kappa shape index (κ2) is 9.71. The van der Waals surface area contributed by atoms with E-state index in [0.29, 0.717) is 23.7 Å².